The molecule has 0 heteroatoms. The van der Waals surface area contributed by atoms with Crippen molar-refractivity contribution in [1.82, 2.24) is 0 Å². The summed E-state index contributed by atoms with van der Waals surface area (Å²) in [6.07, 6.45) is 4.29. The van der Waals surface area contributed by atoms with Crippen LogP contribution in [-0.2, 0) is 25.7 Å². The molecule has 0 nitrogen and oxygen atoms in total. The molecular formula is C50H34. The van der Waals surface area contributed by atoms with Gasteiger partial charge in [-0.1, -0.05) is 158 Å². The van der Waals surface area contributed by atoms with Crippen LogP contribution in [0.4, 0.5) is 0 Å². The first kappa shape index (κ1) is 27.9. The summed E-state index contributed by atoms with van der Waals surface area (Å²) in [4.78, 5) is 0. The van der Waals surface area contributed by atoms with Gasteiger partial charge in [0.2, 0.25) is 0 Å². The zero-order valence-corrected chi connectivity index (χ0v) is 27.8. The van der Waals surface area contributed by atoms with Gasteiger partial charge < -0.3 is 0 Å². The number of hydrogen-bond donors (Lipinski definition) is 0. The van der Waals surface area contributed by atoms with E-state index >= 15 is 0 Å². The van der Waals surface area contributed by atoms with Crippen LogP contribution in [0.2, 0.25) is 0 Å². The van der Waals surface area contributed by atoms with Crippen LogP contribution < -0.4 is 0 Å². The molecule has 0 saturated heterocycles. The summed E-state index contributed by atoms with van der Waals surface area (Å²) >= 11 is 0. The third kappa shape index (κ3) is 4.06. The van der Waals surface area contributed by atoms with Gasteiger partial charge in [0.25, 0.3) is 0 Å². The topological polar surface area (TPSA) is 0 Å². The summed E-state index contributed by atoms with van der Waals surface area (Å²) in [5.41, 5.74) is 16.7. The molecule has 2 aliphatic rings. The lowest BCUT2D eigenvalue weighted by atomic mass is 9.79. The van der Waals surface area contributed by atoms with Crippen LogP contribution in [0.25, 0.3) is 87.6 Å². The van der Waals surface area contributed by atoms with Crippen molar-refractivity contribution in [3.05, 3.63) is 180 Å². The van der Waals surface area contributed by atoms with Crippen molar-refractivity contribution in [2.45, 2.75) is 25.7 Å². The maximum atomic E-state index is 2.49. The molecular weight excluding hydrogens is 601 g/mol. The molecule has 0 spiro atoms. The highest BCUT2D eigenvalue weighted by Crippen LogP contribution is 2.47. The monoisotopic (exact) mass is 634 g/mol. The van der Waals surface area contributed by atoms with Gasteiger partial charge >= 0.3 is 0 Å². The van der Waals surface area contributed by atoms with Crippen LogP contribution in [0.15, 0.2) is 158 Å². The zero-order valence-electron chi connectivity index (χ0n) is 27.8. The second kappa shape index (κ2) is 10.8. The molecule has 0 atom stereocenters. The van der Waals surface area contributed by atoms with E-state index in [-0.39, 0.29) is 0 Å². The number of rotatable bonds is 2. The highest BCUT2D eigenvalue weighted by Gasteiger charge is 2.23. The lowest BCUT2D eigenvalue weighted by molar-refractivity contribution is 0.945. The maximum Gasteiger partial charge on any atom is -0.00263 e. The molecule has 0 saturated carbocycles. The Kier molecular flexibility index (Phi) is 6.01. The Morgan fingerprint density at radius 3 is 1.04 bits per heavy atom. The summed E-state index contributed by atoms with van der Waals surface area (Å²) in [5, 5.41) is 10.6. The van der Waals surface area contributed by atoms with E-state index in [1.165, 1.54) is 110 Å². The van der Waals surface area contributed by atoms with Gasteiger partial charge in [-0.05, 0) is 136 Å². The standard InChI is InChI=1S/C50H34/c1-3-11-39-31(9-1)17-19-33-21-23-35-29-37(25-27-41(35)47(33)39)49-43-13-5-7-15-45(43)50(46-16-8-6-14-44(46)49)38-26-28-42-36(30-38)24-22-34-20-18-32-10-2-4-12-40(32)48(34)42/h1-20,25-30H,21-24H2. The van der Waals surface area contributed by atoms with Crippen LogP contribution in [0, 0.1) is 0 Å². The molecule has 11 rings (SSSR count). The normalized spacial score (nSPS) is 13.3. The van der Waals surface area contributed by atoms with Gasteiger partial charge in [0.1, 0.15) is 0 Å². The average molecular weight is 635 g/mol. The fourth-order valence-electron chi connectivity index (χ4n) is 9.38. The van der Waals surface area contributed by atoms with Crippen LogP contribution in [0.3, 0.4) is 0 Å². The Bertz CT molecular complexity index is 2610. The second-order valence-corrected chi connectivity index (χ2v) is 14.2. The fourth-order valence-corrected chi connectivity index (χ4v) is 9.38. The van der Waals surface area contributed by atoms with Crippen molar-refractivity contribution in [2.24, 2.45) is 0 Å². The Balaban J connectivity index is 1.11. The third-order valence-corrected chi connectivity index (χ3v) is 11.6. The predicted molar refractivity (Wildman–Crippen MR) is 213 cm³/mol. The molecule has 0 heterocycles. The summed E-state index contributed by atoms with van der Waals surface area (Å²) in [5.74, 6) is 0. The second-order valence-electron chi connectivity index (χ2n) is 14.2. The van der Waals surface area contributed by atoms with Gasteiger partial charge in [-0.3, -0.25) is 0 Å². The molecule has 0 bridgehead atoms. The minimum absolute atomic E-state index is 1.07. The number of benzene rings is 9. The van der Waals surface area contributed by atoms with Crippen LogP contribution >= 0.6 is 0 Å². The van der Waals surface area contributed by atoms with Gasteiger partial charge in [-0.2, -0.15) is 0 Å². The lowest BCUT2D eigenvalue weighted by Crippen LogP contribution is -2.05. The van der Waals surface area contributed by atoms with Gasteiger partial charge in [-0.15, -0.1) is 0 Å². The first-order valence-electron chi connectivity index (χ1n) is 18.0. The van der Waals surface area contributed by atoms with E-state index in [1.54, 1.807) is 0 Å². The largest absolute Gasteiger partial charge is 0.0616 e. The van der Waals surface area contributed by atoms with E-state index < -0.39 is 0 Å². The number of hydrogen-bond acceptors (Lipinski definition) is 0. The molecule has 0 unspecified atom stereocenters. The van der Waals surface area contributed by atoms with E-state index in [4.69, 9.17) is 0 Å². The van der Waals surface area contributed by atoms with Crippen molar-refractivity contribution >= 4 is 43.1 Å². The van der Waals surface area contributed by atoms with Gasteiger partial charge in [0.15, 0.2) is 0 Å². The molecule has 0 aromatic heterocycles. The first-order valence-corrected chi connectivity index (χ1v) is 18.0. The van der Waals surface area contributed by atoms with Crippen LogP contribution in [0.5, 0.6) is 0 Å². The van der Waals surface area contributed by atoms with Crippen molar-refractivity contribution in [3.8, 4) is 44.5 Å². The van der Waals surface area contributed by atoms with E-state index in [0.29, 0.717) is 0 Å². The Labute approximate surface area is 292 Å². The molecule has 0 N–H and O–H groups in total. The van der Waals surface area contributed by atoms with Crippen molar-refractivity contribution in [3.63, 3.8) is 0 Å². The number of aryl methyl sites for hydroxylation is 4. The summed E-state index contributed by atoms with van der Waals surface area (Å²) in [6, 6.07) is 59.7. The van der Waals surface area contributed by atoms with Crippen LogP contribution in [0.1, 0.15) is 22.3 Å². The summed E-state index contributed by atoms with van der Waals surface area (Å²) in [6.45, 7) is 0. The Morgan fingerprint density at radius 2 is 0.620 bits per heavy atom. The Hall–Kier alpha value is -5.98. The zero-order chi connectivity index (χ0) is 32.8. The van der Waals surface area contributed by atoms with E-state index in [0.717, 1.165) is 25.7 Å². The predicted octanol–water partition coefficient (Wildman–Crippen LogP) is 13.2. The van der Waals surface area contributed by atoms with Gasteiger partial charge in [0.05, 0.1) is 0 Å². The van der Waals surface area contributed by atoms with E-state index in [1.807, 2.05) is 0 Å². The van der Waals surface area contributed by atoms with Crippen molar-refractivity contribution < 1.29 is 0 Å². The summed E-state index contributed by atoms with van der Waals surface area (Å²) < 4.78 is 0. The summed E-state index contributed by atoms with van der Waals surface area (Å²) in [7, 11) is 0. The lowest BCUT2D eigenvalue weighted by Gasteiger charge is -2.24. The van der Waals surface area contributed by atoms with E-state index in [9.17, 15) is 0 Å². The quantitative estimate of drug-likeness (QED) is 0.166. The molecule has 0 radical (unpaired) electrons. The molecule has 0 amide bonds. The average Bonchev–Trinajstić information content (AvgIpc) is 3.18. The van der Waals surface area contributed by atoms with E-state index in [2.05, 4.69) is 158 Å². The highest BCUT2D eigenvalue weighted by atomic mass is 14.3. The fraction of sp³-hybridized carbons (Fsp3) is 0.0800. The minimum Gasteiger partial charge on any atom is -0.0616 e. The molecule has 50 heavy (non-hydrogen) atoms. The molecule has 9 aromatic carbocycles. The molecule has 0 aliphatic heterocycles. The highest BCUT2D eigenvalue weighted by molar-refractivity contribution is 6.21. The van der Waals surface area contributed by atoms with Crippen molar-refractivity contribution in [1.29, 1.82) is 0 Å². The van der Waals surface area contributed by atoms with Gasteiger partial charge in [0, 0.05) is 0 Å². The molecule has 0 fully saturated rings. The Morgan fingerprint density at radius 1 is 0.260 bits per heavy atom. The molecule has 2 aliphatic carbocycles. The van der Waals surface area contributed by atoms with Gasteiger partial charge in [-0.25, -0.2) is 0 Å². The van der Waals surface area contributed by atoms with Crippen molar-refractivity contribution in [2.75, 3.05) is 0 Å². The molecule has 234 valence electrons. The number of fused-ring (bicyclic) bond motifs is 12. The smallest absolute Gasteiger partial charge is 0.00263 e. The minimum atomic E-state index is 1.07. The SMILES string of the molecule is c1ccc2c3c(ccc2c1)CCc1cc(-c2c4ccccc4c(-c4ccc5c(c4)CCc4ccc6ccccc6c4-5)c4ccccc24)ccc1-3. The van der Waals surface area contributed by atoms with Crippen LogP contribution in [-0.4, -0.2) is 0 Å². The molecule has 9 aromatic rings. The third-order valence-electron chi connectivity index (χ3n) is 11.6. The first-order chi connectivity index (χ1) is 24.8. The maximum absolute atomic E-state index is 2.49.